The number of nitrogens with one attached hydrogen (secondary N) is 1. The predicted octanol–water partition coefficient (Wildman–Crippen LogP) is 2.33. The summed E-state index contributed by atoms with van der Waals surface area (Å²) < 4.78 is 0. The molecule has 0 atom stereocenters. The van der Waals surface area contributed by atoms with Crippen LogP contribution in [0.2, 0.25) is 0 Å². The third-order valence-electron chi connectivity index (χ3n) is 2.71. The average molecular weight is 175 g/mol. The largest absolute Gasteiger partial charge is 0.334 e. The lowest BCUT2D eigenvalue weighted by Crippen LogP contribution is -2.06. The Kier molecular flexibility index (Phi) is 2.31. The van der Waals surface area contributed by atoms with Crippen LogP contribution in [-0.2, 0) is 0 Å². The van der Waals surface area contributed by atoms with Gasteiger partial charge in [0, 0.05) is 5.92 Å². The lowest BCUT2D eigenvalue weighted by molar-refractivity contribution is 0.431. The lowest BCUT2D eigenvalue weighted by atomic mass is 9.89. The van der Waals surface area contributed by atoms with Crippen molar-refractivity contribution in [2.75, 3.05) is 0 Å². The summed E-state index contributed by atoms with van der Waals surface area (Å²) in [5, 5.41) is 8.63. The zero-order chi connectivity index (χ0) is 9.10. The number of nitriles is 1. The molecule has 1 aliphatic rings. The molecule has 13 heavy (non-hydrogen) atoms. The molecular formula is C10H13N3. The summed E-state index contributed by atoms with van der Waals surface area (Å²) in [6, 6.07) is 2.07. The number of H-pyrrole nitrogens is 1. The van der Waals surface area contributed by atoms with Crippen LogP contribution in [0.1, 0.15) is 49.5 Å². The smallest absolute Gasteiger partial charge is 0.137 e. The van der Waals surface area contributed by atoms with Gasteiger partial charge in [0.1, 0.15) is 17.6 Å². The van der Waals surface area contributed by atoms with E-state index in [9.17, 15) is 0 Å². The zero-order valence-electron chi connectivity index (χ0n) is 7.58. The molecule has 68 valence electrons. The van der Waals surface area contributed by atoms with Crippen LogP contribution in [0.25, 0.3) is 0 Å². The van der Waals surface area contributed by atoms with Crippen LogP contribution < -0.4 is 0 Å². The van der Waals surface area contributed by atoms with Crippen molar-refractivity contribution in [3.8, 4) is 6.07 Å². The van der Waals surface area contributed by atoms with Crippen LogP contribution in [0.3, 0.4) is 0 Å². The normalized spacial score (nSPS) is 18.4. The summed E-state index contributed by atoms with van der Waals surface area (Å²) in [4.78, 5) is 7.29. The Bertz CT molecular complexity index is 315. The van der Waals surface area contributed by atoms with Gasteiger partial charge in [0.15, 0.2) is 0 Å². The summed E-state index contributed by atoms with van der Waals surface area (Å²) in [7, 11) is 0. The minimum Gasteiger partial charge on any atom is -0.334 e. The lowest BCUT2D eigenvalue weighted by Gasteiger charge is -2.18. The molecule has 1 aromatic rings. The number of aromatic amines is 1. The zero-order valence-corrected chi connectivity index (χ0v) is 7.58. The molecule has 0 bridgehead atoms. The van der Waals surface area contributed by atoms with Gasteiger partial charge < -0.3 is 4.98 Å². The maximum Gasteiger partial charge on any atom is 0.137 e. The monoisotopic (exact) mass is 175 g/mol. The molecule has 1 N–H and O–H groups in total. The Balaban J connectivity index is 2.11. The van der Waals surface area contributed by atoms with Gasteiger partial charge in [-0.3, -0.25) is 0 Å². The second kappa shape index (κ2) is 3.61. The standard InChI is InChI=1S/C10H13N3/c11-6-9-7-12-10(13-9)8-4-2-1-3-5-8/h7-8H,1-5H2,(H,12,13). The fourth-order valence-electron chi connectivity index (χ4n) is 1.98. The molecule has 0 saturated heterocycles. The molecule has 0 unspecified atom stereocenters. The van der Waals surface area contributed by atoms with Crippen molar-refractivity contribution in [2.24, 2.45) is 0 Å². The van der Waals surface area contributed by atoms with E-state index in [0.29, 0.717) is 11.6 Å². The summed E-state index contributed by atoms with van der Waals surface area (Å²) in [6.45, 7) is 0. The van der Waals surface area contributed by atoms with E-state index in [0.717, 1.165) is 5.82 Å². The van der Waals surface area contributed by atoms with Gasteiger partial charge in [0.2, 0.25) is 0 Å². The second-order valence-corrected chi connectivity index (χ2v) is 3.63. The Hall–Kier alpha value is -1.30. The van der Waals surface area contributed by atoms with Gasteiger partial charge in [-0.25, -0.2) is 4.98 Å². The molecule has 0 spiro atoms. The second-order valence-electron chi connectivity index (χ2n) is 3.63. The molecule has 3 nitrogen and oxygen atoms in total. The van der Waals surface area contributed by atoms with Crippen molar-refractivity contribution in [3.63, 3.8) is 0 Å². The van der Waals surface area contributed by atoms with Crippen LogP contribution in [0, 0.1) is 11.3 Å². The Labute approximate surface area is 77.8 Å². The maximum atomic E-state index is 8.63. The van der Waals surface area contributed by atoms with Gasteiger partial charge in [-0.2, -0.15) is 5.26 Å². The SMILES string of the molecule is N#Cc1cnc(C2CCCCC2)[nH]1. The van der Waals surface area contributed by atoms with Crippen molar-refractivity contribution in [1.29, 1.82) is 5.26 Å². The molecule has 2 rings (SSSR count). The van der Waals surface area contributed by atoms with E-state index in [1.165, 1.54) is 32.1 Å². The molecule has 0 aliphatic heterocycles. The molecular weight excluding hydrogens is 162 g/mol. The minimum absolute atomic E-state index is 0.566. The van der Waals surface area contributed by atoms with Crippen LogP contribution in [-0.4, -0.2) is 9.97 Å². The Morgan fingerprint density at radius 2 is 2.15 bits per heavy atom. The summed E-state index contributed by atoms with van der Waals surface area (Å²) in [5.41, 5.74) is 0.584. The van der Waals surface area contributed by atoms with Gasteiger partial charge in [-0.1, -0.05) is 19.3 Å². The van der Waals surface area contributed by atoms with Gasteiger partial charge in [-0.15, -0.1) is 0 Å². The number of rotatable bonds is 1. The number of nitrogens with zero attached hydrogens (tertiary/aromatic N) is 2. The first-order valence-corrected chi connectivity index (χ1v) is 4.85. The highest BCUT2D eigenvalue weighted by atomic mass is 14.9. The number of aromatic nitrogens is 2. The van der Waals surface area contributed by atoms with E-state index in [1.54, 1.807) is 6.20 Å². The molecule has 0 amide bonds. The molecule has 1 aromatic heterocycles. The van der Waals surface area contributed by atoms with Crippen molar-refractivity contribution >= 4 is 0 Å². The first-order chi connectivity index (χ1) is 6.40. The van der Waals surface area contributed by atoms with E-state index in [-0.39, 0.29) is 0 Å². The van der Waals surface area contributed by atoms with E-state index in [2.05, 4.69) is 16.0 Å². The molecule has 1 fully saturated rings. The minimum atomic E-state index is 0.566. The maximum absolute atomic E-state index is 8.63. The van der Waals surface area contributed by atoms with E-state index >= 15 is 0 Å². The highest BCUT2D eigenvalue weighted by molar-refractivity contribution is 5.18. The van der Waals surface area contributed by atoms with Crippen molar-refractivity contribution in [1.82, 2.24) is 9.97 Å². The third kappa shape index (κ3) is 1.72. The number of hydrogen-bond acceptors (Lipinski definition) is 2. The van der Waals surface area contributed by atoms with Gasteiger partial charge >= 0.3 is 0 Å². The van der Waals surface area contributed by atoms with Crippen molar-refractivity contribution < 1.29 is 0 Å². The Morgan fingerprint density at radius 3 is 2.77 bits per heavy atom. The van der Waals surface area contributed by atoms with Crippen LogP contribution in [0.5, 0.6) is 0 Å². The topological polar surface area (TPSA) is 52.5 Å². The Morgan fingerprint density at radius 1 is 1.38 bits per heavy atom. The van der Waals surface area contributed by atoms with Gasteiger partial charge in [-0.05, 0) is 12.8 Å². The molecule has 0 radical (unpaired) electrons. The molecule has 3 heteroatoms. The van der Waals surface area contributed by atoms with E-state index in [4.69, 9.17) is 5.26 Å². The number of imidazole rings is 1. The van der Waals surface area contributed by atoms with Crippen LogP contribution in [0.15, 0.2) is 6.20 Å². The first-order valence-electron chi connectivity index (χ1n) is 4.85. The summed E-state index contributed by atoms with van der Waals surface area (Å²) in [6.07, 6.45) is 8.02. The highest BCUT2D eigenvalue weighted by Gasteiger charge is 2.17. The first kappa shape index (κ1) is 8.31. The van der Waals surface area contributed by atoms with Crippen LogP contribution >= 0.6 is 0 Å². The quantitative estimate of drug-likeness (QED) is 0.712. The van der Waals surface area contributed by atoms with Crippen LogP contribution in [0.4, 0.5) is 0 Å². The van der Waals surface area contributed by atoms with Gasteiger partial charge in [0.05, 0.1) is 6.20 Å². The van der Waals surface area contributed by atoms with Crippen molar-refractivity contribution in [2.45, 2.75) is 38.0 Å². The predicted molar refractivity (Wildman–Crippen MR) is 49.1 cm³/mol. The fraction of sp³-hybridized carbons (Fsp3) is 0.600. The summed E-state index contributed by atoms with van der Waals surface area (Å²) in [5.74, 6) is 1.58. The molecule has 1 aliphatic carbocycles. The fourth-order valence-corrected chi connectivity index (χ4v) is 1.98. The average Bonchev–Trinajstić information content (AvgIpc) is 2.67. The van der Waals surface area contributed by atoms with Crippen molar-refractivity contribution in [3.05, 3.63) is 17.7 Å². The highest BCUT2D eigenvalue weighted by Crippen LogP contribution is 2.30. The molecule has 1 saturated carbocycles. The van der Waals surface area contributed by atoms with E-state index in [1.807, 2.05) is 0 Å². The van der Waals surface area contributed by atoms with E-state index < -0.39 is 0 Å². The number of hydrogen-bond donors (Lipinski definition) is 1. The third-order valence-corrected chi connectivity index (χ3v) is 2.71. The molecule has 0 aromatic carbocycles. The van der Waals surface area contributed by atoms with Gasteiger partial charge in [0.25, 0.3) is 0 Å². The summed E-state index contributed by atoms with van der Waals surface area (Å²) >= 11 is 0. The molecule has 1 heterocycles.